The number of ether oxygens (including phenoxy) is 1. The number of piperidine rings is 1. The maximum absolute atomic E-state index is 12.1. The molecule has 1 aliphatic heterocycles. The third-order valence-electron chi connectivity index (χ3n) is 4.38. The van der Waals surface area contributed by atoms with E-state index >= 15 is 0 Å². The summed E-state index contributed by atoms with van der Waals surface area (Å²) in [7, 11) is 0. The van der Waals surface area contributed by atoms with Gasteiger partial charge in [0.25, 0.3) is 0 Å². The Labute approximate surface area is 138 Å². The van der Waals surface area contributed by atoms with Gasteiger partial charge in [-0.3, -0.25) is 4.98 Å². The van der Waals surface area contributed by atoms with E-state index in [4.69, 9.17) is 4.74 Å². The highest BCUT2D eigenvalue weighted by atomic mass is 16.6. The molecular formula is C18H27N3O2. The summed E-state index contributed by atoms with van der Waals surface area (Å²) in [4.78, 5) is 18.2. The first kappa shape index (κ1) is 16.1. The van der Waals surface area contributed by atoms with Crippen LogP contribution in [0, 0.1) is 0 Å². The molecule has 0 spiro atoms. The molecule has 0 radical (unpaired) electrons. The minimum atomic E-state index is -0.430. The van der Waals surface area contributed by atoms with Crippen molar-refractivity contribution in [1.82, 2.24) is 9.88 Å². The summed E-state index contributed by atoms with van der Waals surface area (Å²) in [5.41, 5.74) is 2.14. The van der Waals surface area contributed by atoms with E-state index in [0.717, 1.165) is 25.9 Å². The van der Waals surface area contributed by atoms with Gasteiger partial charge in [-0.2, -0.15) is 0 Å². The number of nitrogens with zero attached hydrogens (tertiary/aromatic N) is 2. The Morgan fingerprint density at radius 3 is 2.57 bits per heavy atom. The van der Waals surface area contributed by atoms with Gasteiger partial charge in [0.1, 0.15) is 5.60 Å². The molecule has 1 aromatic heterocycles. The van der Waals surface area contributed by atoms with Crippen molar-refractivity contribution in [3.8, 4) is 0 Å². The van der Waals surface area contributed by atoms with Crippen LogP contribution in [0.15, 0.2) is 18.5 Å². The van der Waals surface area contributed by atoms with Crippen LogP contribution >= 0.6 is 0 Å². The largest absolute Gasteiger partial charge is 0.444 e. The minimum Gasteiger partial charge on any atom is -0.444 e. The molecule has 2 aliphatic rings. The van der Waals surface area contributed by atoms with Crippen LogP contribution in [-0.2, 0) is 4.74 Å². The molecule has 1 N–H and O–H groups in total. The summed E-state index contributed by atoms with van der Waals surface area (Å²) in [6, 6.07) is 2.53. The van der Waals surface area contributed by atoms with Crippen LogP contribution in [0.5, 0.6) is 0 Å². The Balaban J connectivity index is 1.53. The molecule has 1 aliphatic carbocycles. The van der Waals surface area contributed by atoms with E-state index in [9.17, 15) is 4.79 Å². The van der Waals surface area contributed by atoms with E-state index in [0.29, 0.717) is 12.0 Å². The fraction of sp³-hybridized carbons (Fsp3) is 0.667. The number of carbonyl (C=O) groups excluding carboxylic acids is 1. The van der Waals surface area contributed by atoms with E-state index in [1.54, 1.807) is 0 Å². The molecule has 1 aromatic rings. The van der Waals surface area contributed by atoms with Gasteiger partial charge < -0.3 is 15.0 Å². The minimum absolute atomic E-state index is 0.198. The summed E-state index contributed by atoms with van der Waals surface area (Å²) in [6.07, 6.45) is 8.08. The normalized spacial score (nSPS) is 19.5. The number of nitrogens with one attached hydrogen (secondary N) is 1. The van der Waals surface area contributed by atoms with Crippen LogP contribution in [0.4, 0.5) is 10.5 Å². The van der Waals surface area contributed by atoms with E-state index in [2.05, 4.69) is 16.4 Å². The zero-order valence-corrected chi connectivity index (χ0v) is 14.3. The van der Waals surface area contributed by atoms with Crippen molar-refractivity contribution >= 4 is 11.8 Å². The molecule has 2 fully saturated rings. The first-order valence-corrected chi connectivity index (χ1v) is 8.61. The van der Waals surface area contributed by atoms with Crippen LogP contribution in [0.1, 0.15) is 57.9 Å². The number of hydrogen-bond donors (Lipinski definition) is 1. The third kappa shape index (κ3) is 4.36. The lowest BCUT2D eigenvalue weighted by molar-refractivity contribution is 0.0210. The molecule has 0 aromatic carbocycles. The summed E-state index contributed by atoms with van der Waals surface area (Å²) < 4.78 is 5.45. The van der Waals surface area contributed by atoms with Crippen LogP contribution in [-0.4, -0.2) is 40.7 Å². The Morgan fingerprint density at radius 2 is 1.96 bits per heavy atom. The summed E-state index contributed by atoms with van der Waals surface area (Å²) in [5.74, 6) is 0.711. The van der Waals surface area contributed by atoms with E-state index in [1.807, 2.05) is 38.1 Å². The molecule has 1 saturated heterocycles. The second-order valence-corrected chi connectivity index (χ2v) is 7.62. The fourth-order valence-electron chi connectivity index (χ4n) is 3.03. The molecule has 5 heteroatoms. The Morgan fingerprint density at radius 1 is 1.26 bits per heavy atom. The van der Waals surface area contributed by atoms with Crippen molar-refractivity contribution in [1.29, 1.82) is 0 Å². The van der Waals surface area contributed by atoms with Crippen molar-refractivity contribution in [3.63, 3.8) is 0 Å². The van der Waals surface area contributed by atoms with Gasteiger partial charge >= 0.3 is 6.09 Å². The predicted molar refractivity (Wildman–Crippen MR) is 90.7 cm³/mol. The topological polar surface area (TPSA) is 54.5 Å². The Bertz CT molecular complexity index is 556. The van der Waals surface area contributed by atoms with Gasteiger partial charge in [0.15, 0.2) is 0 Å². The van der Waals surface area contributed by atoms with Crippen molar-refractivity contribution in [2.45, 2.75) is 64.0 Å². The molecule has 0 unspecified atom stereocenters. The molecule has 1 saturated carbocycles. The molecule has 0 atom stereocenters. The lowest BCUT2D eigenvalue weighted by Gasteiger charge is -2.34. The van der Waals surface area contributed by atoms with Crippen LogP contribution in [0.2, 0.25) is 0 Å². The molecule has 1 amide bonds. The third-order valence-corrected chi connectivity index (χ3v) is 4.38. The number of rotatable bonds is 3. The highest BCUT2D eigenvalue weighted by Crippen LogP contribution is 2.43. The van der Waals surface area contributed by atoms with Crippen molar-refractivity contribution < 1.29 is 9.53 Å². The van der Waals surface area contributed by atoms with Gasteiger partial charge in [0, 0.05) is 25.3 Å². The number of aromatic nitrogens is 1. The van der Waals surface area contributed by atoms with Gasteiger partial charge in [-0.1, -0.05) is 0 Å². The molecule has 2 heterocycles. The summed E-state index contributed by atoms with van der Waals surface area (Å²) in [6.45, 7) is 7.19. The molecule has 5 nitrogen and oxygen atoms in total. The van der Waals surface area contributed by atoms with Gasteiger partial charge in [0.2, 0.25) is 0 Å². The van der Waals surface area contributed by atoms with E-state index < -0.39 is 5.60 Å². The molecule has 126 valence electrons. The summed E-state index contributed by atoms with van der Waals surface area (Å²) >= 11 is 0. The first-order valence-electron chi connectivity index (χ1n) is 8.61. The maximum atomic E-state index is 12.1. The second-order valence-electron chi connectivity index (χ2n) is 7.62. The average molecular weight is 317 g/mol. The van der Waals surface area contributed by atoms with E-state index in [1.165, 1.54) is 24.1 Å². The SMILES string of the molecule is CC(C)(C)OC(=O)N1CCC(Nc2cnccc2C2CC2)CC1. The van der Waals surface area contributed by atoms with Gasteiger partial charge in [0.05, 0.1) is 11.9 Å². The lowest BCUT2D eigenvalue weighted by Crippen LogP contribution is -2.44. The quantitative estimate of drug-likeness (QED) is 0.922. The molecular weight excluding hydrogens is 290 g/mol. The van der Waals surface area contributed by atoms with Gasteiger partial charge in [-0.05, 0) is 64.0 Å². The molecule has 23 heavy (non-hydrogen) atoms. The fourth-order valence-corrected chi connectivity index (χ4v) is 3.03. The number of likely N-dealkylation sites (tertiary alicyclic amines) is 1. The standard InChI is InChI=1S/C18H27N3O2/c1-18(2,3)23-17(22)21-10-7-14(8-11-21)20-16-12-19-9-6-15(16)13-4-5-13/h6,9,12-14,20H,4-5,7-8,10-11H2,1-3H3. The number of amides is 1. The maximum Gasteiger partial charge on any atom is 0.410 e. The number of pyridine rings is 1. The Kier molecular flexibility index (Phi) is 4.46. The van der Waals surface area contributed by atoms with Gasteiger partial charge in [-0.15, -0.1) is 0 Å². The molecule has 0 bridgehead atoms. The lowest BCUT2D eigenvalue weighted by atomic mass is 10.0. The zero-order valence-electron chi connectivity index (χ0n) is 14.3. The van der Waals surface area contributed by atoms with Crippen molar-refractivity contribution in [2.75, 3.05) is 18.4 Å². The summed E-state index contributed by atoms with van der Waals surface area (Å²) in [5, 5.41) is 3.64. The smallest absolute Gasteiger partial charge is 0.410 e. The number of anilines is 1. The van der Waals surface area contributed by atoms with Crippen LogP contribution in [0.25, 0.3) is 0 Å². The van der Waals surface area contributed by atoms with E-state index in [-0.39, 0.29) is 6.09 Å². The molecule has 3 rings (SSSR count). The van der Waals surface area contributed by atoms with Gasteiger partial charge in [-0.25, -0.2) is 4.79 Å². The van der Waals surface area contributed by atoms with Crippen molar-refractivity contribution in [2.24, 2.45) is 0 Å². The van der Waals surface area contributed by atoms with Crippen LogP contribution < -0.4 is 5.32 Å². The highest BCUT2D eigenvalue weighted by Gasteiger charge is 2.29. The van der Waals surface area contributed by atoms with Crippen LogP contribution in [0.3, 0.4) is 0 Å². The number of hydrogen-bond acceptors (Lipinski definition) is 4. The zero-order chi connectivity index (χ0) is 16.4. The van der Waals surface area contributed by atoms with Crippen molar-refractivity contribution in [3.05, 3.63) is 24.0 Å². The monoisotopic (exact) mass is 317 g/mol. The second kappa shape index (κ2) is 6.38. The highest BCUT2D eigenvalue weighted by molar-refractivity contribution is 5.68. The first-order chi connectivity index (χ1) is 10.9. The Hall–Kier alpha value is -1.78. The predicted octanol–water partition coefficient (Wildman–Crippen LogP) is 3.77. The number of carbonyl (C=O) groups is 1. The average Bonchev–Trinajstić information content (AvgIpc) is 3.31.